The first-order valence-electron chi connectivity index (χ1n) is 6.16. The van der Waals surface area contributed by atoms with Crippen LogP contribution in [-0.4, -0.2) is 15.0 Å². The molecule has 0 spiro atoms. The second kappa shape index (κ2) is 4.49. The van der Waals surface area contributed by atoms with E-state index >= 15 is 0 Å². The van der Waals surface area contributed by atoms with Gasteiger partial charge >= 0.3 is 0 Å². The number of hydrogen-bond donors (Lipinski definition) is 1. The molecule has 0 unspecified atom stereocenters. The summed E-state index contributed by atoms with van der Waals surface area (Å²) in [6.07, 6.45) is 0.600. The molecule has 1 aliphatic heterocycles. The van der Waals surface area contributed by atoms with Gasteiger partial charge < -0.3 is 5.73 Å². The molecule has 2 aromatic carbocycles. The zero-order valence-corrected chi connectivity index (χ0v) is 11.4. The quantitative estimate of drug-likeness (QED) is 0.863. The maximum atomic E-state index is 13.8. The topological polar surface area (TPSA) is 63.4 Å². The zero-order chi connectivity index (χ0) is 14.3. The van der Waals surface area contributed by atoms with Gasteiger partial charge in [-0.3, -0.25) is 4.31 Å². The molecule has 0 saturated heterocycles. The monoisotopic (exact) mass is 292 g/mol. The Labute approximate surface area is 116 Å². The van der Waals surface area contributed by atoms with E-state index in [-0.39, 0.29) is 4.90 Å². The van der Waals surface area contributed by atoms with E-state index in [1.54, 1.807) is 12.1 Å². The molecule has 0 saturated carbocycles. The highest BCUT2D eigenvalue weighted by Crippen LogP contribution is 2.34. The second-order valence-corrected chi connectivity index (χ2v) is 6.48. The van der Waals surface area contributed by atoms with Crippen molar-refractivity contribution in [3.63, 3.8) is 0 Å². The van der Waals surface area contributed by atoms with Gasteiger partial charge in [0.2, 0.25) is 0 Å². The third-order valence-corrected chi connectivity index (χ3v) is 5.21. The number of benzene rings is 2. The summed E-state index contributed by atoms with van der Waals surface area (Å²) in [7, 11) is -3.90. The van der Waals surface area contributed by atoms with E-state index in [0.29, 0.717) is 24.3 Å². The Morgan fingerprint density at radius 1 is 1.15 bits per heavy atom. The van der Waals surface area contributed by atoms with Gasteiger partial charge in [0.25, 0.3) is 10.0 Å². The van der Waals surface area contributed by atoms with Gasteiger partial charge in [0.1, 0.15) is 10.7 Å². The van der Waals surface area contributed by atoms with E-state index in [1.165, 1.54) is 22.5 Å². The van der Waals surface area contributed by atoms with Crippen molar-refractivity contribution in [1.82, 2.24) is 0 Å². The molecule has 3 rings (SSSR count). The Bertz CT molecular complexity index is 774. The summed E-state index contributed by atoms with van der Waals surface area (Å²) < 4.78 is 40.1. The molecule has 6 heteroatoms. The highest BCUT2D eigenvalue weighted by atomic mass is 32.2. The number of fused-ring (bicyclic) bond motifs is 1. The average Bonchev–Trinajstić information content (AvgIpc) is 2.82. The van der Waals surface area contributed by atoms with Crippen molar-refractivity contribution in [2.24, 2.45) is 0 Å². The van der Waals surface area contributed by atoms with Crippen LogP contribution in [0.25, 0.3) is 0 Å². The van der Waals surface area contributed by atoms with Crippen LogP contribution in [0, 0.1) is 5.82 Å². The lowest BCUT2D eigenvalue weighted by Gasteiger charge is -2.20. The molecular formula is C14H13FN2O2S. The van der Waals surface area contributed by atoms with Crippen molar-refractivity contribution in [2.45, 2.75) is 11.3 Å². The summed E-state index contributed by atoms with van der Waals surface area (Å²) in [6, 6.07) is 10.5. The van der Waals surface area contributed by atoms with Crippen LogP contribution < -0.4 is 10.0 Å². The molecule has 0 aliphatic carbocycles. The van der Waals surface area contributed by atoms with E-state index in [2.05, 4.69) is 0 Å². The Morgan fingerprint density at radius 3 is 2.65 bits per heavy atom. The molecule has 0 atom stereocenters. The molecule has 1 aliphatic rings. The Morgan fingerprint density at radius 2 is 1.90 bits per heavy atom. The standard InChI is InChI=1S/C14H13FN2O2S/c15-12-3-1-2-4-14(12)20(18,19)17-8-7-10-5-6-11(16)9-13(10)17/h1-6,9H,7-8,16H2. The van der Waals surface area contributed by atoms with Crippen LogP contribution >= 0.6 is 0 Å². The molecular weight excluding hydrogens is 279 g/mol. The van der Waals surface area contributed by atoms with Gasteiger partial charge in [-0.25, -0.2) is 12.8 Å². The van der Waals surface area contributed by atoms with Gasteiger partial charge in [0.15, 0.2) is 0 Å². The summed E-state index contributed by atoms with van der Waals surface area (Å²) in [5, 5.41) is 0. The van der Waals surface area contributed by atoms with Gasteiger partial charge in [0, 0.05) is 12.2 Å². The number of nitrogens with zero attached hydrogens (tertiary/aromatic N) is 1. The van der Waals surface area contributed by atoms with E-state index in [9.17, 15) is 12.8 Å². The molecule has 0 fully saturated rings. The molecule has 0 radical (unpaired) electrons. The van der Waals surface area contributed by atoms with E-state index in [4.69, 9.17) is 5.73 Å². The van der Waals surface area contributed by atoms with Crippen molar-refractivity contribution in [1.29, 1.82) is 0 Å². The summed E-state index contributed by atoms with van der Waals surface area (Å²) in [5.74, 6) is -0.746. The van der Waals surface area contributed by atoms with E-state index in [0.717, 1.165) is 11.6 Å². The fourth-order valence-corrected chi connectivity index (χ4v) is 3.95. The van der Waals surface area contributed by atoms with Gasteiger partial charge in [0.05, 0.1) is 5.69 Å². The maximum absolute atomic E-state index is 13.8. The molecule has 0 aromatic heterocycles. The van der Waals surface area contributed by atoms with Crippen LogP contribution in [0.15, 0.2) is 47.4 Å². The molecule has 4 nitrogen and oxygen atoms in total. The smallest absolute Gasteiger partial charge is 0.267 e. The summed E-state index contributed by atoms with van der Waals surface area (Å²) >= 11 is 0. The van der Waals surface area contributed by atoms with Gasteiger partial charge in [-0.05, 0) is 36.2 Å². The molecule has 0 bridgehead atoms. The number of sulfonamides is 1. The largest absolute Gasteiger partial charge is 0.399 e. The number of nitrogen functional groups attached to an aromatic ring is 1. The summed E-state index contributed by atoms with van der Waals surface area (Å²) in [4.78, 5) is -0.310. The minimum atomic E-state index is -3.90. The van der Waals surface area contributed by atoms with Crippen molar-refractivity contribution < 1.29 is 12.8 Å². The van der Waals surface area contributed by atoms with Crippen LogP contribution in [0.5, 0.6) is 0 Å². The lowest BCUT2D eigenvalue weighted by molar-refractivity contribution is 0.564. The fourth-order valence-electron chi connectivity index (χ4n) is 2.39. The normalized spacial score (nSPS) is 14.3. The Balaban J connectivity index is 2.12. The van der Waals surface area contributed by atoms with Gasteiger partial charge in [-0.2, -0.15) is 0 Å². The highest BCUT2D eigenvalue weighted by Gasteiger charge is 2.32. The summed E-state index contributed by atoms with van der Waals surface area (Å²) in [6.45, 7) is 0.301. The lowest BCUT2D eigenvalue weighted by atomic mass is 10.1. The van der Waals surface area contributed by atoms with Crippen molar-refractivity contribution in [3.05, 3.63) is 53.8 Å². The molecule has 104 valence electrons. The molecule has 20 heavy (non-hydrogen) atoms. The fraction of sp³-hybridized carbons (Fsp3) is 0.143. The number of hydrogen-bond acceptors (Lipinski definition) is 3. The predicted molar refractivity (Wildman–Crippen MR) is 75.5 cm³/mol. The number of halogens is 1. The van der Waals surface area contributed by atoms with E-state index < -0.39 is 15.8 Å². The predicted octanol–water partition coefficient (Wildman–Crippen LogP) is 2.16. The highest BCUT2D eigenvalue weighted by molar-refractivity contribution is 7.92. The minimum absolute atomic E-state index is 0.301. The van der Waals surface area contributed by atoms with Crippen LogP contribution in [0.2, 0.25) is 0 Å². The molecule has 1 heterocycles. The number of nitrogens with two attached hydrogens (primary N) is 1. The first-order valence-corrected chi connectivity index (χ1v) is 7.60. The van der Waals surface area contributed by atoms with Crippen LogP contribution in [-0.2, 0) is 16.4 Å². The number of rotatable bonds is 2. The second-order valence-electron chi connectivity index (χ2n) is 4.65. The van der Waals surface area contributed by atoms with Gasteiger partial charge in [-0.15, -0.1) is 0 Å². The van der Waals surface area contributed by atoms with Crippen molar-refractivity contribution >= 4 is 21.4 Å². The van der Waals surface area contributed by atoms with Gasteiger partial charge in [-0.1, -0.05) is 18.2 Å². The lowest BCUT2D eigenvalue weighted by Crippen LogP contribution is -2.29. The molecule has 2 aromatic rings. The average molecular weight is 292 g/mol. The van der Waals surface area contributed by atoms with Crippen LogP contribution in [0.4, 0.5) is 15.8 Å². The third-order valence-electron chi connectivity index (χ3n) is 3.37. The van der Waals surface area contributed by atoms with Crippen molar-refractivity contribution in [2.75, 3.05) is 16.6 Å². The van der Waals surface area contributed by atoms with Crippen molar-refractivity contribution in [3.8, 4) is 0 Å². The third kappa shape index (κ3) is 1.92. The summed E-state index contributed by atoms with van der Waals surface area (Å²) in [5.41, 5.74) is 7.63. The molecule has 2 N–H and O–H groups in total. The minimum Gasteiger partial charge on any atom is -0.399 e. The Hall–Kier alpha value is -2.08. The van der Waals surface area contributed by atoms with Crippen LogP contribution in [0.1, 0.15) is 5.56 Å². The number of anilines is 2. The first kappa shape index (κ1) is 12.9. The van der Waals surface area contributed by atoms with E-state index in [1.807, 2.05) is 6.07 Å². The maximum Gasteiger partial charge on any atom is 0.267 e. The van der Waals surface area contributed by atoms with Crippen LogP contribution in [0.3, 0.4) is 0 Å². The first-order chi connectivity index (χ1) is 9.50. The SMILES string of the molecule is Nc1ccc2c(c1)N(S(=O)(=O)c1ccccc1F)CC2. The zero-order valence-electron chi connectivity index (χ0n) is 10.6. The Kier molecular flexibility index (Phi) is 2.90. The molecule has 0 amide bonds.